The number of fused-ring (bicyclic) bond motifs is 1. The van der Waals surface area contributed by atoms with E-state index in [9.17, 15) is 19.1 Å². The Kier molecular flexibility index (Phi) is 6.49. The minimum absolute atomic E-state index is 0.161. The maximum Gasteiger partial charge on any atom is 0.323 e. The van der Waals surface area contributed by atoms with Crippen molar-refractivity contribution in [3.63, 3.8) is 0 Å². The number of carboxylic acid groups (broad SMARTS) is 1. The number of carbonyl (C=O) groups excluding carboxylic acids is 1. The topological polar surface area (TPSA) is 75.4 Å². The van der Waals surface area contributed by atoms with Crippen molar-refractivity contribution in [1.29, 1.82) is 0 Å². The van der Waals surface area contributed by atoms with Crippen LogP contribution in [0.4, 0.5) is 4.39 Å². The highest BCUT2D eigenvalue weighted by Crippen LogP contribution is 2.20. The summed E-state index contributed by atoms with van der Waals surface area (Å²) in [6, 6.07) is 21.4. The van der Waals surface area contributed by atoms with Crippen molar-refractivity contribution in [2.24, 2.45) is 0 Å². The minimum Gasteiger partial charge on any atom is -0.480 e. The molecule has 6 nitrogen and oxygen atoms in total. The maximum atomic E-state index is 13.5. The lowest BCUT2D eigenvalue weighted by Gasteiger charge is -2.21. The molecule has 0 saturated carbocycles. The van der Waals surface area contributed by atoms with Crippen molar-refractivity contribution < 1.29 is 19.1 Å². The number of halogens is 1. The Morgan fingerprint density at radius 3 is 2.48 bits per heavy atom. The quantitative estimate of drug-likeness (QED) is 0.439. The van der Waals surface area contributed by atoms with E-state index in [0.717, 1.165) is 16.9 Å². The Hall–Kier alpha value is -4.00. The van der Waals surface area contributed by atoms with Gasteiger partial charge in [0.2, 0.25) is 0 Å². The summed E-state index contributed by atoms with van der Waals surface area (Å²) in [6.07, 6.45) is 0.351. The number of aromatic nitrogens is 2. The number of aliphatic carboxylic acids is 1. The Balaban J connectivity index is 1.57. The lowest BCUT2D eigenvalue weighted by Crippen LogP contribution is -2.37. The Bertz CT molecular complexity index is 1300. The number of imidazole rings is 1. The normalized spacial score (nSPS) is 11.0. The molecular formula is C26H24FN3O3. The Morgan fingerprint density at radius 1 is 1.00 bits per heavy atom. The molecule has 0 radical (unpaired) electrons. The number of amides is 1. The van der Waals surface area contributed by atoms with Gasteiger partial charge in [0, 0.05) is 18.7 Å². The fourth-order valence-corrected chi connectivity index (χ4v) is 3.90. The van der Waals surface area contributed by atoms with Crippen LogP contribution in [0.3, 0.4) is 0 Å². The van der Waals surface area contributed by atoms with Gasteiger partial charge in [-0.2, -0.15) is 0 Å². The molecule has 33 heavy (non-hydrogen) atoms. The maximum absolute atomic E-state index is 13.5. The SMILES string of the molecule is Cc1nc2cc(C(=O)N(CCc3cccc(F)c3)CC(=O)O)ccc2n1Cc1ccccc1. The first-order valence-electron chi connectivity index (χ1n) is 10.7. The van der Waals surface area contributed by atoms with E-state index in [-0.39, 0.29) is 12.4 Å². The first-order chi connectivity index (χ1) is 15.9. The molecule has 0 bridgehead atoms. The third kappa shape index (κ3) is 5.26. The summed E-state index contributed by atoms with van der Waals surface area (Å²) in [4.78, 5) is 30.4. The summed E-state index contributed by atoms with van der Waals surface area (Å²) in [6.45, 7) is 2.30. The summed E-state index contributed by atoms with van der Waals surface area (Å²) in [5.41, 5.74) is 3.79. The van der Waals surface area contributed by atoms with Crippen LogP contribution >= 0.6 is 0 Å². The molecule has 0 spiro atoms. The zero-order valence-corrected chi connectivity index (χ0v) is 18.2. The van der Waals surface area contributed by atoms with E-state index in [0.29, 0.717) is 29.6 Å². The molecular weight excluding hydrogens is 421 g/mol. The molecule has 0 unspecified atom stereocenters. The summed E-state index contributed by atoms with van der Waals surface area (Å²) in [5, 5.41) is 9.30. The Morgan fingerprint density at radius 2 is 1.76 bits per heavy atom. The van der Waals surface area contributed by atoms with Gasteiger partial charge in [-0.1, -0.05) is 42.5 Å². The number of rotatable bonds is 8. The van der Waals surface area contributed by atoms with Crippen LogP contribution in [0, 0.1) is 12.7 Å². The van der Waals surface area contributed by atoms with Crippen LogP contribution in [0.5, 0.6) is 0 Å². The second kappa shape index (κ2) is 9.65. The largest absolute Gasteiger partial charge is 0.480 e. The summed E-state index contributed by atoms with van der Waals surface area (Å²) in [7, 11) is 0. The van der Waals surface area contributed by atoms with E-state index in [1.54, 1.807) is 24.3 Å². The van der Waals surface area contributed by atoms with Gasteiger partial charge in [-0.15, -0.1) is 0 Å². The molecule has 1 N–H and O–H groups in total. The van der Waals surface area contributed by atoms with Crippen molar-refractivity contribution in [1.82, 2.24) is 14.5 Å². The summed E-state index contributed by atoms with van der Waals surface area (Å²) in [5.74, 6) is -1.04. The molecule has 3 aromatic carbocycles. The fourth-order valence-electron chi connectivity index (χ4n) is 3.90. The molecule has 4 aromatic rings. The highest BCUT2D eigenvalue weighted by Gasteiger charge is 2.20. The fraction of sp³-hybridized carbons (Fsp3) is 0.192. The van der Waals surface area contributed by atoms with E-state index in [4.69, 9.17) is 0 Å². The number of aryl methyl sites for hydroxylation is 1. The zero-order valence-electron chi connectivity index (χ0n) is 18.2. The smallest absolute Gasteiger partial charge is 0.323 e. The number of hydrogen-bond acceptors (Lipinski definition) is 3. The lowest BCUT2D eigenvalue weighted by molar-refractivity contribution is -0.137. The van der Waals surface area contributed by atoms with Crippen LogP contribution in [0.2, 0.25) is 0 Å². The van der Waals surface area contributed by atoms with Crippen molar-refractivity contribution in [2.75, 3.05) is 13.1 Å². The van der Waals surface area contributed by atoms with Gasteiger partial charge in [-0.25, -0.2) is 9.37 Å². The third-order valence-corrected chi connectivity index (χ3v) is 5.54. The van der Waals surface area contributed by atoms with Gasteiger partial charge in [-0.3, -0.25) is 9.59 Å². The van der Waals surface area contributed by atoms with Gasteiger partial charge < -0.3 is 14.6 Å². The van der Waals surface area contributed by atoms with Gasteiger partial charge >= 0.3 is 5.97 Å². The molecule has 0 aliphatic carbocycles. The predicted octanol–water partition coefficient (Wildman–Crippen LogP) is 4.30. The molecule has 0 fully saturated rings. The third-order valence-electron chi connectivity index (χ3n) is 5.54. The van der Waals surface area contributed by atoms with Crippen molar-refractivity contribution in [2.45, 2.75) is 19.9 Å². The molecule has 0 aliphatic heterocycles. The molecule has 7 heteroatoms. The van der Waals surface area contributed by atoms with Crippen molar-refractivity contribution >= 4 is 22.9 Å². The number of carboxylic acids is 1. The summed E-state index contributed by atoms with van der Waals surface area (Å²) < 4.78 is 15.5. The average molecular weight is 445 g/mol. The van der Waals surface area contributed by atoms with Gasteiger partial charge in [0.1, 0.15) is 18.2 Å². The molecule has 1 aromatic heterocycles. The van der Waals surface area contributed by atoms with Crippen LogP contribution in [-0.2, 0) is 17.8 Å². The van der Waals surface area contributed by atoms with Gasteiger partial charge in [0.25, 0.3) is 5.91 Å². The first-order valence-corrected chi connectivity index (χ1v) is 10.7. The second-order valence-corrected chi connectivity index (χ2v) is 7.93. The molecule has 4 rings (SSSR count). The standard InChI is InChI=1S/C26H24FN3O3/c1-18-28-23-15-21(10-11-24(23)30(18)16-20-6-3-2-4-7-20)26(33)29(17-25(31)32)13-12-19-8-5-9-22(27)14-19/h2-11,14-15H,12-13,16-17H2,1H3,(H,31,32). The first kappa shape index (κ1) is 22.2. The molecule has 168 valence electrons. The number of hydrogen-bond donors (Lipinski definition) is 1. The number of benzene rings is 3. The number of carbonyl (C=O) groups is 2. The van der Waals surface area contributed by atoms with Crippen LogP contribution in [0.15, 0.2) is 72.8 Å². The van der Waals surface area contributed by atoms with E-state index in [1.165, 1.54) is 17.0 Å². The second-order valence-electron chi connectivity index (χ2n) is 7.93. The van der Waals surface area contributed by atoms with E-state index >= 15 is 0 Å². The molecule has 1 heterocycles. The lowest BCUT2D eigenvalue weighted by atomic mass is 10.1. The highest BCUT2D eigenvalue weighted by atomic mass is 19.1. The van der Waals surface area contributed by atoms with Crippen LogP contribution in [0.1, 0.15) is 27.3 Å². The molecule has 0 saturated heterocycles. The van der Waals surface area contributed by atoms with Crippen LogP contribution < -0.4 is 0 Å². The van der Waals surface area contributed by atoms with Crippen LogP contribution in [0.25, 0.3) is 11.0 Å². The van der Waals surface area contributed by atoms with Gasteiger partial charge in [0.15, 0.2) is 0 Å². The predicted molar refractivity (Wildman–Crippen MR) is 124 cm³/mol. The summed E-state index contributed by atoms with van der Waals surface area (Å²) >= 11 is 0. The van der Waals surface area contributed by atoms with Crippen LogP contribution in [-0.4, -0.2) is 44.5 Å². The average Bonchev–Trinajstić information content (AvgIpc) is 3.11. The monoisotopic (exact) mass is 445 g/mol. The number of nitrogens with zero attached hydrogens (tertiary/aromatic N) is 3. The van der Waals surface area contributed by atoms with Gasteiger partial charge in [0.05, 0.1) is 11.0 Å². The van der Waals surface area contributed by atoms with E-state index in [1.807, 2.05) is 43.3 Å². The zero-order chi connectivity index (χ0) is 23.4. The van der Waals surface area contributed by atoms with Crippen molar-refractivity contribution in [3.8, 4) is 0 Å². The highest BCUT2D eigenvalue weighted by molar-refractivity contribution is 5.98. The minimum atomic E-state index is -1.10. The molecule has 0 atom stereocenters. The van der Waals surface area contributed by atoms with Crippen molar-refractivity contribution in [3.05, 3.63) is 101 Å². The van der Waals surface area contributed by atoms with Gasteiger partial charge in [-0.05, 0) is 54.8 Å². The molecule has 0 aliphatic rings. The van der Waals surface area contributed by atoms with E-state index < -0.39 is 18.4 Å². The van der Waals surface area contributed by atoms with E-state index in [2.05, 4.69) is 9.55 Å². The Labute approximate surface area is 190 Å². The molecule has 1 amide bonds.